The molecule has 2 unspecified atom stereocenters. The van der Waals surface area contributed by atoms with E-state index in [1.165, 1.54) is 77.0 Å². The number of quaternary nitrogens is 1. The van der Waals surface area contributed by atoms with Crippen LogP contribution in [0.1, 0.15) is 162 Å². The van der Waals surface area contributed by atoms with Gasteiger partial charge in [0.1, 0.15) is 12.6 Å². The van der Waals surface area contributed by atoms with Crippen LogP contribution in [0.2, 0.25) is 0 Å². The molecule has 0 N–H and O–H groups in total. The summed E-state index contributed by atoms with van der Waals surface area (Å²) in [4.78, 5) is 36.6. The number of nitrogens with zero attached hydrogens (tertiary/aromatic N) is 1. The fraction of sp³-hybridized carbons (Fsp3) is 0.786. The lowest BCUT2D eigenvalue weighted by Gasteiger charge is -2.34. The number of carbonyl (C=O) groups excluding carboxylic acids is 3. The van der Waals surface area contributed by atoms with E-state index in [4.69, 9.17) is 14.2 Å². The number of carboxylic acid groups (broad SMARTS) is 1. The largest absolute Gasteiger partial charge is 0.544 e. The first-order valence-electron chi connectivity index (χ1n) is 20.0. The molecule has 50 heavy (non-hydrogen) atoms. The van der Waals surface area contributed by atoms with Crippen molar-refractivity contribution in [3.8, 4) is 0 Å². The van der Waals surface area contributed by atoms with Gasteiger partial charge in [-0.25, -0.2) is 0 Å². The highest BCUT2D eigenvalue weighted by atomic mass is 16.6. The minimum Gasteiger partial charge on any atom is -0.544 e. The maximum absolute atomic E-state index is 12.6. The summed E-state index contributed by atoms with van der Waals surface area (Å²) in [5.74, 6) is -1.84. The quantitative estimate of drug-likeness (QED) is 0.0281. The lowest BCUT2D eigenvalue weighted by Crippen LogP contribution is -2.55. The molecule has 0 bridgehead atoms. The van der Waals surface area contributed by atoms with Gasteiger partial charge in [0.2, 0.25) is 0 Å². The summed E-state index contributed by atoms with van der Waals surface area (Å²) >= 11 is 0. The highest BCUT2D eigenvalue weighted by Gasteiger charge is 2.25. The van der Waals surface area contributed by atoms with Gasteiger partial charge in [0.25, 0.3) is 0 Å². The Morgan fingerprint density at radius 2 is 1.10 bits per heavy atom. The van der Waals surface area contributed by atoms with Gasteiger partial charge in [-0.1, -0.05) is 121 Å². The predicted molar refractivity (Wildman–Crippen MR) is 203 cm³/mol. The third-order valence-electron chi connectivity index (χ3n) is 8.76. The molecule has 0 spiro atoms. The number of allylic oxidation sites excluding steroid dienone is 6. The van der Waals surface area contributed by atoms with Crippen molar-refractivity contribution in [1.29, 1.82) is 0 Å². The van der Waals surface area contributed by atoms with E-state index in [2.05, 4.69) is 44.2 Å². The van der Waals surface area contributed by atoms with E-state index in [0.717, 1.165) is 44.9 Å². The zero-order valence-electron chi connectivity index (χ0n) is 32.8. The maximum atomic E-state index is 12.6. The zero-order chi connectivity index (χ0) is 37.1. The van der Waals surface area contributed by atoms with Crippen LogP contribution in [0, 0.1) is 0 Å². The molecular formula is C42H75NO7. The second-order valence-corrected chi connectivity index (χ2v) is 14.5. The van der Waals surface area contributed by atoms with Crippen molar-refractivity contribution in [2.24, 2.45) is 0 Å². The summed E-state index contributed by atoms with van der Waals surface area (Å²) in [6.45, 7) is 4.55. The molecule has 0 heterocycles. The topological polar surface area (TPSA) is 102 Å². The van der Waals surface area contributed by atoms with Gasteiger partial charge in [0.15, 0.2) is 6.10 Å². The van der Waals surface area contributed by atoms with Crippen molar-refractivity contribution in [1.82, 2.24) is 0 Å². The number of aliphatic carboxylic acids is 1. The molecule has 2 atom stereocenters. The Kier molecular flexibility index (Phi) is 32.0. The van der Waals surface area contributed by atoms with Gasteiger partial charge in [-0.2, -0.15) is 0 Å². The van der Waals surface area contributed by atoms with Gasteiger partial charge in [-0.3, -0.25) is 9.59 Å². The average molecular weight is 706 g/mol. The fourth-order valence-corrected chi connectivity index (χ4v) is 5.59. The number of carboxylic acids is 1. The van der Waals surface area contributed by atoms with E-state index in [9.17, 15) is 19.5 Å². The predicted octanol–water partition coefficient (Wildman–Crippen LogP) is 8.96. The van der Waals surface area contributed by atoms with Crippen LogP contribution in [-0.2, 0) is 28.6 Å². The Hall–Kier alpha value is -2.45. The van der Waals surface area contributed by atoms with Crippen LogP contribution in [0.5, 0.6) is 0 Å². The molecule has 0 rings (SSSR count). The Morgan fingerprint density at radius 1 is 0.600 bits per heavy atom. The van der Waals surface area contributed by atoms with E-state index in [-0.39, 0.29) is 49.1 Å². The molecule has 0 aliphatic rings. The van der Waals surface area contributed by atoms with Crippen molar-refractivity contribution in [2.75, 3.05) is 41.0 Å². The first kappa shape index (κ1) is 47.5. The monoisotopic (exact) mass is 706 g/mol. The number of carbonyl (C=O) groups is 3. The summed E-state index contributed by atoms with van der Waals surface area (Å²) in [5.41, 5.74) is 0. The lowest BCUT2D eigenvalue weighted by molar-refractivity contribution is -0.889. The third-order valence-corrected chi connectivity index (χ3v) is 8.76. The van der Waals surface area contributed by atoms with Crippen LogP contribution in [0.15, 0.2) is 36.5 Å². The summed E-state index contributed by atoms with van der Waals surface area (Å²) in [6.07, 6.45) is 36.1. The molecule has 0 saturated carbocycles. The number of hydrogen-bond donors (Lipinski definition) is 0. The number of hydrogen-bond acceptors (Lipinski definition) is 7. The number of likely N-dealkylation sites (N-methyl/N-ethyl adjacent to an activating group) is 1. The van der Waals surface area contributed by atoms with E-state index in [0.29, 0.717) is 12.8 Å². The van der Waals surface area contributed by atoms with E-state index >= 15 is 0 Å². The SMILES string of the molecule is CCCCCCCC/C=C/C/C=C/CCC(=O)OC(COCCC(C(=O)[O-])[N+](C)(C)C)COC(=O)CCCCC/C=C/CCCCCCCC. The van der Waals surface area contributed by atoms with Gasteiger partial charge < -0.3 is 28.6 Å². The van der Waals surface area contributed by atoms with Crippen molar-refractivity contribution in [3.05, 3.63) is 36.5 Å². The molecule has 290 valence electrons. The van der Waals surface area contributed by atoms with Crippen LogP contribution in [0.4, 0.5) is 0 Å². The second-order valence-electron chi connectivity index (χ2n) is 14.5. The smallest absolute Gasteiger partial charge is 0.306 e. The van der Waals surface area contributed by atoms with Crippen LogP contribution in [0.25, 0.3) is 0 Å². The van der Waals surface area contributed by atoms with Crippen molar-refractivity contribution >= 4 is 17.9 Å². The number of rotatable bonds is 35. The van der Waals surface area contributed by atoms with Crippen LogP contribution in [0.3, 0.4) is 0 Å². The van der Waals surface area contributed by atoms with E-state index < -0.39 is 18.1 Å². The van der Waals surface area contributed by atoms with Gasteiger partial charge >= 0.3 is 11.9 Å². The van der Waals surface area contributed by atoms with Gasteiger partial charge in [0, 0.05) is 19.3 Å². The second kappa shape index (κ2) is 33.7. The van der Waals surface area contributed by atoms with Gasteiger partial charge in [-0.05, 0) is 57.8 Å². The highest BCUT2D eigenvalue weighted by Crippen LogP contribution is 2.12. The Labute approximate surface area is 306 Å². The minimum atomic E-state index is -1.14. The third kappa shape index (κ3) is 31.5. The summed E-state index contributed by atoms with van der Waals surface area (Å²) in [5, 5.41) is 11.6. The minimum absolute atomic E-state index is 0.0141. The Bertz CT molecular complexity index is 922. The van der Waals surface area contributed by atoms with Gasteiger partial charge in [0.05, 0.1) is 40.3 Å². The zero-order valence-corrected chi connectivity index (χ0v) is 32.8. The average Bonchev–Trinajstić information content (AvgIpc) is 3.06. The van der Waals surface area contributed by atoms with Crippen molar-refractivity contribution in [2.45, 2.75) is 174 Å². The Morgan fingerprint density at radius 3 is 1.64 bits per heavy atom. The standard InChI is InChI=1S/C42H75NO7/c1-6-8-10-12-14-16-18-20-22-24-26-28-30-32-40(44)49-37-38(36-48-35-34-39(42(46)47)43(3,4)5)50-41(45)33-31-29-27-25-23-21-19-17-15-13-11-9-7-2/h20-23,27,29,38-39H,6-19,24-26,28,30-37H2,1-5H3/b22-20+,23-21+,29-27+. The number of unbranched alkanes of at least 4 members (excludes halogenated alkanes) is 15. The molecule has 8 heteroatoms. The van der Waals surface area contributed by atoms with Gasteiger partial charge in [-0.15, -0.1) is 0 Å². The van der Waals surface area contributed by atoms with E-state index in [1.807, 2.05) is 6.08 Å². The fourth-order valence-electron chi connectivity index (χ4n) is 5.59. The number of ether oxygens (including phenoxy) is 3. The van der Waals surface area contributed by atoms with E-state index in [1.54, 1.807) is 21.1 Å². The molecular weight excluding hydrogens is 630 g/mol. The maximum Gasteiger partial charge on any atom is 0.306 e. The first-order valence-corrected chi connectivity index (χ1v) is 20.0. The highest BCUT2D eigenvalue weighted by molar-refractivity contribution is 5.70. The molecule has 0 aliphatic heterocycles. The molecule has 0 aromatic carbocycles. The summed E-state index contributed by atoms with van der Waals surface area (Å²) in [7, 11) is 5.37. The van der Waals surface area contributed by atoms with Crippen molar-refractivity contribution < 1.29 is 38.2 Å². The molecule has 8 nitrogen and oxygen atoms in total. The van der Waals surface area contributed by atoms with Crippen molar-refractivity contribution in [3.63, 3.8) is 0 Å². The molecule has 0 aromatic heterocycles. The molecule has 0 aliphatic carbocycles. The molecule has 0 radical (unpaired) electrons. The summed E-state index contributed by atoms with van der Waals surface area (Å²) < 4.78 is 17.0. The van der Waals surface area contributed by atoms with Crippen LogP contribution >= 0.6 is 0 Å². The van der Waals surface area contributed by atoms with Crippen LogP contribution < -0.4 is 5.11 Å². The molecule has 0 amide bonds. The lowest BCUT2D eigenvalue weighted by atomic mass is 10.1. The molecule has 0 saturated heterocycles. The number of esters is 2. The summed E-state index contributed by atoms with van der Waals surface area (Å²) in [6, 6.07) is -0.734. The van der Waals surface area contributed by atoms with Crippen LogP contribution in [-0.4, -0.2) is 75.5 Å². The molecule has 0 aromatic rings. The molecule has 0 fully saturated rings. The first-order chi connectivity index (χ1) is 24.1. The Balaban J connectivity index is 4.51. The normalized spacial score (nSPS) is 13.4.